The smallest absolute Gasteiger partial charge is 0.244 e. The van der Waals surface area contributed by atoms with Crippen LogP contribution in [0.1, 0.15) is 43.0 Å². The van der Waals surface area contributed by atoms with Crippen molar-refractivity contribution in [1.29, 1.82) is 0 Å². The van der Waals surface area contributed by atoms with Gasteiger partial charge >= 0.3 is 0 Å². The number of anilines is 1. The van der Waals surface area contributed by atoms with Crippen LogP contribution in [0, 0.1) is 13.8 Å². The molecule has 0 radical (unpaired) electrons. The number of hydrogen-bond acceptors (Lipinski definition) is 3. The topological polar surface area (TPSA) is 66.5 Å². The second-order valence-corrected chi connectivity index (χ2v) is 8.75. The lowest BCUT2D eigenvalue weighted by Crippen LogP contribution is -2.49. The number of hydrogen-bond donors (Lipinski definition) is 1. The molecule has 1 amide bonds. The summed E-state index contributed by atoms with van der Waals surface area (Å²) in [6.45, 7) is 7.60. The van der Waals surface area contributed by atoms with E-state index in [0.717, 1.165) is 22.9 Å². The number of nitrogens with zero attached hydrogens (tertiary/aromatic N) is 1. The fourth-order valence-electron chi connectivity index (χ4n) is 3.06. The van der Waals surface area contributed by atoms with Crippen LogP contribution in [-0.4, -0.2) is 26.6 Å². The molecule has 0 heterocycles. The zero-order valence-corrected chi connectivity index (χ0v) is 17.4. The molecular formula is C21H28N2O3S. The number of carbonyl (C=O) groups is 1. The standard InChI is InChI=1S/C21H28N2O3S/c1-6-20(21(24)22-17(4)18-10-8-7-9-11-18)23(27(5,25)26)19-13-12-15(2)16(3)14-19/h7-14,17,20H,6H2,1-5H3,(H,22,24)/t17-,20+/m0/s1. The summed E-state index contributed by atoms with van der Waals surface area (Å²) in [4.78, 5) is 13.0. The Kier molecular flexibility index (Phi) is 6.65. The quantitative estimate of drug-likeness (QED) is 0.786. The van der Waals surface area contributed by atoms with Gasteiger partial charge in [-0.1, -0.05) is 43.3 Å². The van der Waals surface area contributed by atoms with Crippen molar-refractivity contribution < 1.29 is 13.2 Å². The van der Waals surface area contributed by atoms with Gasteiger partial charge in [-0.15, -0.1) is 0 Å². The maximum Gasteiger partial charge on any atom is 0.244 e. The van der Waals surface area contributed by atoms with E-state index in [1.54, 1.807) is 6.07 Å². The summed E-state index contributed by atoms with van der Waals surface area (Å²) in [6, 6.07) is 14.0. The van der Waals surface area contributed by atoms with Gasteiger partial charge in [0, 0.05) is 0 Å². The molecule has 0 unspecified atom stereocenters. The lowest BCUT2D eigenvalue weighted by atomic mass is 10.1. The molecule has 2 atom stereocenters. The van der Waals surface area contributed by atoms with Crippen LogP contribution in [0.25, 0.3) is 0 Å². The van der Waals surface area contributed by atoms with Gasteiger partial charge in [-0.05, 0) is 56.0 Å². The molecule has 5 nitrogen and oxygen atoms in total. The van der Waals surface area contributed by atoms with Crippen molar-refractivity contribution in [1.82, 2.24) is 5.32 Å². The van der Waals surface area contributed by atoms with Crippen molar-refractivity contribution in [2.75, 3.05) is 10.6 Å². The molecule has 2 rings (SSSR count). The maximum atomic E-state index is 13.0. The number of amides is 1. The van der Waals surface area contributed by atoms with Gasteiger partial charge in [0.05, 0.1) is 18.0 Å². The predicted octanol–water partition coefficient (Wildman–Crippen LogP) is 3.73. The Morgan fingerprint density at radius 1 is 1.07 bits per heavy atom. The Morgan fingerprint density at radius 3 is 2.22 bits per heavy atom. The summed E-state index contributed by atoms with van der Waals surface area (Å²) in [6.07, 6.45) is 1.51. The third-order valence-corrected chi connectivity index (χ3v) is 5.91. The minimum Gasteiger partial charge on any atom is -0.348 e. The molecule has 0 bridgehead atoms. The second-order valence-electron chi connectivity index (χ2n) is 6.89. The molecule has 0 saturated carbocycles. The summed E-state index contributed by atoms with van der Waals surface area (Å²) in [7, 11) is -3.63. The molecule has 146 valence electrons. The molecule has 2 aromatic rings. The highest BCUT2D eigenvalue weighted by atomic mass is 32.2. The van der Waals surface area contributed by atoms with E-state index < -0.39 is 16.1 Å². The Balaban J connectivity index is 2.34. The van der Waals surface area contributed by atoms with Gasteiger partial charge < -0.3 is 5.32 Å². The fraction of sp³-hybridized carbons (Fsp3) is 0.381. The van der Waals surface area contributed by atoms with Gasteiger partial charge in [-0.25, -0.2) is 8.42 Å². The van der Waals surface area contributed by atoms with Gasteiger partial charge in [0.2, 0.25) is 15.9 Å². The van der Waals surface area contributed by atoms with Crippen molar-refractivity contribution in [3.8, 4) is 0 Å². The van der Waals surface area contributed by atoms with E-state index in [2.05, 4.69) is 5.32 Å². The Labute approximate surface area is 162 Å². The molecule has 0 saturated heterocycles. The first-order valence-electron chi connectivity index (χ1n) is 9.07. The predicted molar refractivity (Wildman–Crippen MR) is 110 cm³/mol. The highest BCUT2D eigenvalue weighted by Crippen LogP contribution is 2.25. The van der Waals surface area contributed by atoms with Crippen molar-refractivity contribution in [3.63, 3.8) is 0 Å². The van der Waals surface area contributed by atoms with E-state index in [1.165, 1.54) is 4.31 Å². The van der Waals surface area contributed by atoms with Crippen molar-refractivity contribution in [2.24, 2.45) is 0 Å². The Bertz CT molecular complexity index is 895. The number of sulfonamides is 1. The number of nitrogens with one attached hydrogen (secondary N) is 1. The fourth-order valence-corrected chi connectivity index (χ4v) is 4.26. The SMILES string of the molecule is CC[C@H](C(=O)N[C@@H](C)c1ccccc1)N(c1ccc(C)c(C)c1)S(C)(=O)=O. The third kappa shape index (κ3) is 5.10. The van der Waals surface area contributed by atoms with E-state index in [1.807, 2.05) is 70.2 Å². The summed E-state index contributed by atoms with van der Waals surface area (Å²) in [5.74, 6) is -0.308. The number of aryl methyl sites for hydroxylation is 2. The van der Waals surface area contributed by atoms with Crippen LogP contribution in [0.5, 0.6) is 0 Å². The molecule has 0 aliphatic carbocycles. The van der Waals surface area contributed by atoms with Crippen LogP contribution in [0.15, 0.2) is 48.5 Å². The average molecular weight is 389 g/mol. The minimum absolute atomic E-state index is 0.214. The zero-order valence-electron chi connectivity index (χ0n) is 16.6. The van der Waals surface area contributed by atoms with Gasteiger partial charge in [-0.2, -0.15) is 0 Å². The molecule has 0 aromatic heterocycles. The lowest BCUT2D eigenvalue weighted by Gasteiger charge is -2.31. The third-order valence-electron chi connectivity index (χ3n) is 4.73. The maximum absolute atomic E-state index is 13.0. The Morgan fingerprint density at radius 2 is 1.70 bits per heavy atom. The lowest BCUT2D eigenvalue weighted by molar-refractivity contribution is -0.122. The van der Waals surface area contributed by atoms with E-state index >= 15 is 0 Å². The number of carbonyl (C=O) groups excluding carboxylic acids is 1. The van der Waals surface area contributed by atoms with E-state index in [9.17, 15) is 13.2 Å². The van der Waals surface area contributed by atoms with Crippen LogP contribution >= 0.6 is 0 Å². The molecular weight excluding hydrogens is 360 g/mol. The molecule has 2 aromatic carbocycles. The van der Waals surface area contributed by atoms with Crippen LogP contribution in [0.4, 0.5) is 5.69 Å². The van der Waals surface area contributed by atoms with Crippen molar-refractivity contribution in [3.05, 3.63) is 65.2 Å². The largest absolute Gasteiger partial charge is 0.348 e. The first-order chi connectivity index (χ1) is 12.6. The van der Waals surface area contributed by atoms with E-state index in [-0.39, 0.29) is 11.9 Å². The minimum atomic E-state index is -3.63. The van der Waals surface area contributed by atoms with Crippen molar-refractivity contribution in [2.45, 2.75) is 46.2 Å². The summed E-state index contributed by atoms with van der Waals surface area (Å²) in [5.41, 5.74) is 3.53. The highest BCUT2D eigenvalue weighted by Gasteiger charge is 2.32. The summed E-state index contributed by atoms with van der Waals surface area (Å²) < 4.78 is 26.3. The Hall–Kier alpha value is -2.34. The first kappa shape index (κ1) is 21.0. The van der Waals surface area contributed by atoms with E-state index in [4.69, 9.17) is 0 Å². The zero-order chi connectivity index (χ0) is 20.2. The van der Waals surface area contributed by atoms with Crippen LogP contribution in [0.3, 0.4) is 0 Å². The van der Waals surface area contributed by atoms with Crippen molar-refractivity contribution >= 4 is 21.6 Å². The molecule has 27 heavy (non-hydrogen) atoms. The summed E-state index contributed by atoms with van der Waals surface area (Å²) in [5, 5.41) is 2.95. The van der Waals surface area contributed by atoms with Crippen LogP contribution < -0.4 is 9.62 Å². The second kappa shape index (κ2) is 8.57. The van der Waals surface area contributed by atoms with Gasteiger partial charge in [-0.3, -0.25) is 9.10 Å². The molecule has 0 fully saturated rings. The highest BCUT2D eigenvalue weighted by molar-refractivity contribution is 7.92. The van der Waals surface area contributed by atoms with Crippen LogP contribution in [0.2, 0.25) is 0 Å². The first-order valence-corrected chi connectivity index (χ1v) is 10.9. The average Bonchev–Trinajstić information content (AvgIpc) is 2.61. The van der Waals surface area contributed by atoms with E-state index in [0.29, 0.717) is 12.1 Å². The molecule has 0 spiro atoms. The molecule has 6 heteroatoms. The summed E-state index contributed by atoms with van der Waals surface area (Å²) >= 11 is 0. The van der Waals surface area contributed by atoms with Gasteiger partial charge in [0.1, 0.15) is 6.04 Å². The number of rotatable bonds is 7. The molecule has 0 aliphatic heterocycles. The van der Waals surface area contributed by atoms with Gasteiger partial charge in [0.15, 0.2) is 0 Å². The number of benzene rings is 2. The van der Waals surface area contributed by atoms with Crippen LogP contribution in [-0.2, 0) is 14.8 Å². The monoisotopic (exact) mass is 388 g/mol. The molecule has 1 N–H and O–H groups in total. The van der Waals surface area contributed by atoms with Gasteiger partial charge in [0.25, 0.3) is 0 Å². The normalized spacial score (nSPS) is 13.7. The molecule has 0 aliphatic rings.